The van der Waals surface area contributed by atoms with Crippen LogP contribution in [0.3, 0.4) is 0 Å². The molecule has 0 spiro atoms. The Morgan fingerprint density at radius 2 is 1.64 bits per heavy atom. The minimum atomic E-state index is 0.898. The quantitative estimate of drug-likeness (QED) is 0.563. The van der Waals surface area contributed by atoms with E-state index in [1.165, 1.54) is 51.5 Å². The van der Waals surface area contributed by atoms with E-state index < -0.39 is 0 Å². The van der Waals surface area contributed by atoms with Crippen LogP contribution in [0.5, 0.6) is 0 Å². The van der Waals surface area contributed by atoms with Gasteiger partial charge < -0.3 is 5.32 Å². The van der Waals surface area contributed by atoms with Gasteiger partial charge in [-0.1, -0.05) is 25.7 Å². The van der Waals surface area contributed by atoms with Crippen molar-refractivity contribution in [2.45, 2.75) is 51.0 Å². The van der Waals surface area contributed by atoms with Crippen molar-refractivity contribution in [3.8, 4) is 0 Å². The minimum absolute atomic E-state index is 0.898. The molecule has 1 nitrogen and oxygen atoms in total. The summed E-state index contributed by atoms with van der Waals surface area (Å²) in [5, 5.41) is 3.63. The van der Waals surface area contributed by atoms with Crippen LogP contribution < -0.4 is 5.32 Å². The fourth-order valence-electron chi connectivity index (χ4n) is 2.63. The predicted molar refractivity (Wildman–Crippen MR) is 47.6 cm³/mol. The number of hydrogen-bond acceptors (Lipinski definition) is 1. The lowest BCUT2D eigenvalue weighted by Crippen LogP contribution is -2.27. The van der Waals surface area contributed by atoms with E-state index in [0.717, 1.165) is 12.0 Å². The van der Waals surface area contributed by atoms with Crippen molar-refractivity contribution in [3.63, 3.8) is 0 Å². The molecule has 64 valence electrons. The van der Waals surface area contributed by atoms with E-state index in [1.54, 1.807) is 0 Å². The lowest BCUT2D eigenvalue weighted by molar-refractivity contribution is 0.348. The van der Waals surface area contributed by atoms with Gasteiger partial charge in [0, 0.05) is 6.04 Å². The molecule has 2 rings (SSSR count). The van der Waals surface area contributed by atoms with Gasteiger partial charge in [0.1, 0.15) is 0 Å². The molecule has 0 amide bonds. The van der Waals surface area contributed by atoms with Crippen molar-refractivity contribution < 1.29 is 0 Å². The minimum Gasteiger partial charge on any atom is -0.314 e. The highest BCUT2D eigenvalue weighted by atomic mass is 14.9. The van der Waals surface area contributed by atoms with E-state index in [4.69, 9.17) is 0 Å². The highest BCUT2D eigenvalue weighted by Crippen LogP contribution is 2.28. The summed E-state index contributed by atoms with van der Waals surface area (Å²) in [6.45, 7) is 1.29. The Labute approximate surface area is 69.6 Å². The third kappa shape index (κ3) is 1.76. The van der Waals surface area contributed by atoms with Crippen LogP contribution in [-0.4, -0.2) is 12.6 Å². The summed E-state index contributed by atoms with van der Waals surface area (Å²) in [5.74, 6) is 1.04. The molecular weight excluding hydrogens is 134 g/mol. The molecule has 1 N–H and O–H groups in total. The van der Waals surface area contributed by atoms with Crippen molar-refractivity contribution in [3.05, 3.63) is 0 Å². The maximum Gasteiger partial charge on any atom is 0.00958 e. The Kier molecular flexibility index (Phi) is 2.47. The highest BCUT2D eigenvalue weighted by Gasteiger charge is 2.26. The van der Waals surface area contributed by atoms with Gasteiger partial charge in [0.15, 0.2) is 0 Å². The molecule has 1 aliphatic carbocycles. The molecule has 0 radical (unpaired) electrons. The first-order valence-corrected chi connectivity index (χ1v) is 5.20. The molecule has 1 saturated carbocycles. The summed E-state index contributed by atoms with van der Waals surface area (Å²) in [6, 6.07) is 0.898. The monoisotopic (exact) mass is 153 g/mol. The smallest absolute Gasteiger partial charge is 0.00958 e. The van der Waals surface area contributed by atoms with Crippen LogP contribution >= 0.6 is 0 Å². The van der Waals surface area contributed by atoms with Gasteiger partial charge in [-0.2, -0.15) is 0 Å². The fourth-order valence-corrected chi connectivity index (χ4v) is 2.63. The Morgan fingerprint density at radius 1 is 0.818 bits per heavy atom. The van der Waals surface area contributed by atoms with Crippen LogP contribution in [0, 0.1) is 5.92 Å². The molecule has 2 fully saturated rings. The van der Waals surface area contributed by atoms with Gasteiger partial charge in [0.25, 0.3) is 0 Å². The molecule has 2 atom stereocenters. The molecule has 1 heterocycles. The van der Waals surface area contributed by atoms with E-state index in [2.05, 4.69) is 5.32 Å². The molecule has 1 aliphatic heterocycles. The molecule has 11 heavy (non-hydrogen) atoms. The maximum atomic E-state index is 3.63. The Balaban J connectivity index is 1.89. The Hall–Kier alpha value is -0.0400. The molecule has 0 aromatic carbocycles. The fraction of sp³-hybridized carbons (Fsp3) is 1.00. The number of hydrogen-bond donors (Lipinski definition) is 1. The van der Waals surface area contributed by atoms with E-state index >= 15 is 0 Å². The summed E-state index contributed by atoms with van der Waals surface area (Å²) in [6.07, 6.45) is 10.3. The van der Waals surface area contributed by atoms with Crippen LogP contribution in [0.4, 0.5) is 0 Å². The van der Waals surface area contributed by atoms with Crippen molar-refractivity contribution >= 4 is 0 Å². The van der Waals surface area contributed by atoms with E-state index in [-0.39, 0.29) is 0 Å². The predicted octanol–water partition coefficient (Wildman–Crippen LogP) is 2.32. The van der Waals surface area contributed by atoms with Crippen molar-refractivity contribution in [2.24, 2.45) is 5.92 Å². The number of rotatable bonds is 0. The summed E-state index contributed by atoms with van der Waals surface area (Å²) in [5.41, 5.74) is 0. The SMILES string of the molecule is C1CCCC2NCCC2CC1. The van der Waals surface area contributed by atoms with Gasteiger partial charge in [0.05, 0.1) is 0 Å². The molecule has 0 bridgehead atoms. The molecule has 2 aliphatic rings. The number of nitrogens with one attached hydrogen (secondary N) is 1. The van der Waals surface area contributed by atoms with Gasteiger partial charge in [-0.05, 0) is 31.7 Å². The molecule has 0 aromatic rings. The lowest BCUT2D eigenvalue weighted by atomic mass is 9.88. The van der Waals surface area contributed by atoms with Gasteiger partial charge in [0.2, 0.25) is 0 Å². The average molecular weight is 153 g/mol. The van der Waals surface area contributed by atoms with Crippen molar-refractivity contribution in [1.82, 2.24) is 5.32 Å². The topological polar surface area (TPSA) is 12.0 Å². The zero-order valence-electron chi connectivity index (χ0n) is 7.31. The first-order valence-electron chi connectivity index (χ1n) is 5.20. The van der Waals surface area contributed by atoms with E-state index in [0.29, 0.717) is 0 Å². The number of fused-ring (bicyclic) bond motifs is 1. The first-order chi connectivity index (χ1) is 5.47. The lowest BCUT2D eigenvalue weighted by Gasteiger charge is -2.21. The molecule has 0 aromatic heterocycles. The van der Waals surface area contributed by atoms with Crippen LogP contribution in [0.25, 0.3) is 0 Å². The third-order valence-corrected chi connectivity index (χ3v) is 3.33. The van der Waals surface area contributed by atoms with Gasteiger partial charge in [-0.25, -0.2) is 0 Å². The van der Waals surface area contributed by atoms with Crippen LogP contribution in [0.2, 0.25) is 0 Å². The molecule has 2 unspecified atom stereocenters. The zero-order chi connectivity index (χ0) is 7.52. The van der Waals surface area contributed by atoms with Gasteiger partial charge in [-0.3, -0.25) is 0 Å². The summed E-state index contributed by atoms with van der Waals surface area (Å²) in [7, 11) is 0. The third-order valence-electron chi connectivity index (χ3n) is 3.33. The normalized spacial score (nSPS) is 39.3. The van der Waals surface area contributed by atoms with Crippen molar-refractivity contribution in [1.29, 1.82) is 0 Å². The molecule has 1 saturated heterocycles. The summed E-state index contributed by atoms with van der Waals surface area (Å²) < 4.78 is 0. The van der Waals surface area contributed by atoms with Crippen LogP contribution in [0.1, 0.15) is 44.9 Å². The van der Waals surface area contributed by atoms with Gasteiger partial charge >= 0.3 is 0 Å². The van der Waals surface area contributed by atoms with E-state index in [1.807, 2.05) is 0 Å². The Morgan fingerprint density at radius 3 is 2.55 bits per heavy atom. The average Bonchev–Trinajstić information content (AvgIpc) is 2.35. The van der Waals surface area contributed by atoms with Crippen molar-refractivity contribution in [2.75, 3.05) is 6.54 Å². The highest BCUT2D eigenvalue weighted by molar-refractivity contribution is 4.84. The maximum absolute atomic E-state index is 3.63. The molecular formula is C10H19N. The van der Waals surface area contributed by atoms with Gasteiger partial charge in [-0.15, -0.1) is 0 Å². The first kappa shape index (κ1) is 7.60. The largest absolute Gasteiger partial charge is 0.314 e. The summed E-state index contributed by atoms with van der Waals surface area (Å²) in [4.78, 5) is 0. The van der Waals surface area contributed by atoms with Crippen LogP contribution in [-0.2, 0) is 0 Å². The second-order valence-corrected chi connectivity index (χ2v) is 4.10. The zero-order valence-corrected chi connectivity index (χ0v) is 7.31. The van der Waals surface area contributed by atoms with Crippen LogP contribution in [0.15, 0.2) is 0 Å². The second-order valence-electron chi connectivity index (χ2n) is 4.10. The second kappa shape index (κ2) is 3.57. The summed E-state index contributed by atoms with van der Waals surface area (Å²) >= 11 is 0. The van der Waals surface area contributed by atoms with E-state index in [9.17, 15) is 0 Å². The Bertz CT molecular complexity index is 108. The molecule has 1 heteroatoms. The standard InChI is InChI=1S/C10H19N/c1-2-4-6-10-9(5-3-1)7-8-11-10/h9-11H,1-8H2.